The summed E-state index contributed by atoms with van der Waals surface area (Å²) in [6, 6.07) is 15.2. The molecule has 1 heterocycles. The number of aliphatic hydroxyl groups is 1. The van der Waals surface area contributed by atoms with Crippen LogP contribution in [0.15, 0.2) is 53.5 Å². The number of guanidine groups is 1. The van der Waals surface area contributed by atoms with Crippen LogP contribution in [0.25, 0.3) is 0 Å². The second-order valence-electron chi connectivity index (χ2n) is 7.44. The largest absolute Gasteiger partial charge is 0.506 e. The van der Waals surface area contributed by atoms with Gasteiger partial charge in [-0.15, -0.1) is 24.0 Å². The molecule has 2 aromatic carbocycles. The summed E-state index contributed by atoms with van der Waals surface area (Å²) in [6.07, 6.45) is -0.679. The van der Waals surface area contributed by atoms with Crippen LogP contribution in [0, 0.1) is 6.92 Å². The summed E-state index contributed by atoms with van der Waals surface area (Å²) < 4.78 is 5.68. The van der Waals surface area contributed by atoms with Crippen molar-refractivity contribution in [3.63, 3.8) is 0 Å². The van der Waals surface area contributed by atoms with Gasteiger partial charge in [0.25, 0.3) is 0 Å². The molecule has 2 aromatic rings. The number of hydrogen-bond donors (Lipinski definition) is 3. The second kappa shape index (κ2) is 12.6. The number of rotatable bonds is 7. The number of ether oxygens (including phenoxy) is 1. The number of aryl methyl sites for hydroxylation is 1. The molecule has 1 aliphatic heterocycles. The van der Waals surface area contributed by atoms with Crippen LogP contribution in [0.2, 0.25) is 0 Å². The van der Waals surface area contributed by atoms with E-state index < -0.39 is 6.10 Å². The Morgan fingerprint density at radius 3 is 2.55 bits per heavy atom. The highest BCUT2D eigenvalue weighted by atomic mass is 127. The van der Waals surface area contributed by atoms with Crippen molar-refractivity contribution in [3.8, 4) is 11.5 Å². The zero-order chi connectivity index (χ0) is 21.3. The number of piperazine rings is 1. The van der Waals surface area contributed by atoms with E-state index in [0.717, 1.165) is 55.7 Å². The molecule has 31 heavy (non-hydrogen) atoms. The number of halogens is 1. The molecule has 0 aliphatic carbocycles. The van der Waals surface area contributed by atoms with E-state index in [1.165, 1.54) is 0 Å². The number of hydrogen-bond acceptors (Lipinski definition) is 5. The Labute approximate surface area is 201 Å². The molecule has 1 atom stereocenters. The summed E-state index contributed by atoms with van der Waals surface area (Å²) in [5, 5.41) is 23.7. The van der Waals surface area contributed by atoms with Gasteiger partial charge in [0.05, 0.1) is 12.2 Å². The minimum Gasteiger partial charge on any atom is -0.506 e. The van der Waals surface area contributed by atoms with Crippen molar-refractivity contribution in [1.82, 2.24) is 10.2 Å². The fourth-order valence-corrected chi connectivity index (χ4v) is 3.46. The highest BCUT2D eigenvalue weighted by molar-refractivity contribution is 14.0. The number of nitrogens with one attached hydrogen (secondary N) is 1. The van der Waals surface area contributed by atoms with Gasteiger partial charge >= 0.3 is 0 Å². The first-order chi connectivity index (χ1) is 14.6. The molecular weight excluding hydrogens is 507 g/mol. The Kier molecular flexibility index (Phi) is 10.2. The summed E-state index contributed by atoms with van der Waals surface area (Å²) in [4.78, 5) is 8.98. The first-order valence-corrected chi connectivity index (χ1v) is 10.5. The quantitative estimate of drug-likeness (QED) is 0.285. The van der Waals surface area contributed by atoms with Crippen LogP contribution in [0.5, 0.6) is 11.5 Å². The molecule has 1 aliphatic rings. The topological polar surface area (TPSA) is 80.6 Å². The van der Waals surface area contributed by atoms with Crippen LogP contribution in [0.3, 0.4) is 0 Å². The summed E-state index contributed by atoms with van der Waals surface area (Å²) in [5.74, 6) is 1.86. The van der Waals surface area contributed by atoms with Crippen LogP contribution < -0.4 is 15.0 Å². The standard InChI is InChI=1S/C23H32N4O3.HI/c1-3-24-23(25-16-19(28)17-30-20-8-6-7-18(2)15-20)27-13-11-26(12-14-27)21-9-4-5-10-22(21)29;/h4-10,15,19,28-29H,3,11-14,16-17H2,1-2H3,(H,24,25);1H. The highest BCUT2D eigenvalue weighted by Crippen LogP contribution is 2.27. The maximum Gasteiger partial charge on any atom is 0.194 e. The molecule has 7 nitrogen and oxygen atoms in total. The molecule has 1 saturated heterocycles. The number of nitrogens with zero attached hydrogens (tertiary/aromatic N) is 3. The lowest BCUT2D eigenvalue weighted by molar-refractivity contribution is 0.114. The smallest absolute Gasteiger partial charge is 0.194 e. The van der Waals surface area contributed by atoms with Gasteiger partial charge in [0.2, 0.25) is 0 Å². The zero-order valence-corrected chi connectivity index (χ0v) is 20.5. The molecule has 0 saturated carbocycles. The van der Waals surface area contributed by atoms with Crippen LogP contribution in [-0.4, -0.2) is 73.1 Å². The van der Waals surface area contributed by atoms with Gasteiger partial charge in [-0.1, -0.05) is 24.3 Å². The molecule has 3 N–H and O–H groups in total. The van der Waals surface area contributed by atoms with E-state index in [0.29, 0.717) is 5.75 Å². The van der Waals surface area contributed by atoms with Crippen LogP contribution in [-0.2, 0) is 0 Å². The van der Waals surface area contributed by atoms with Gasteiger partial charge in [0.15, 0.2) is 5.96 Å². The summed E-state index contributed by atoms with van der Waals surface area (Å²) in [6.45, 7) is 8.43. The Bertz CT molecular complexity index is 841. The van der Waals surface area contributed by atoms with E-state index >= 15 is 0 Å². The minimum atomic E-state index is -0.679. The van der Waals surface area contributed by atoms with Gasteiger partial charge in [-0.2, -0.15) is 0 Å². The number of benzene rings is 2. The summed E-state index contributed by atoms with van der Waals surface area (Å²) >= 11 is 0. The van der Waals surface area contributed by atoms with Gasteiger partial charge in [-0.05, 0) is 43.7 Å². The molecule has 0 bridgehead atoms. The molecule has 170 valence electrons. The van der Waals surface area contributed by atoms with Gasteiger partial charge in [-0.25, -0.2) is 0 Å². The molecule has 0 spiro atoms. The Morgan fingerprint density at radius 1 is 1.13 bits per heavy atom. The van der Waals surface area contributed by atoms with Crippen molar-refractivity contribution in [2.24, 2.45) is 4.99 Å². The average Bonchev–Trinajstić information content (AvgIpc) is 2.76. The maximum absolute atomic E-state index is 10.3. The van der Waals surface area contributed by atoms with E-state index in [4.69, 9.17) is 4.74 Å². The fourth-order valence-electron chi connectivity index (χ4n) is 3.46. The predicted molar refractivity (Wildman–Crippen MR) is 136 cm³/mol. The van der Waals surface area contributed by atoms with Crippen molar-refractivity contribution in [3.05, 3.63) is 54.1 Å². The number of aliphatic hydroxyl groups excluding tert-OH is 1. The number of para-hydroxylation sites is 2. The van der Waals surface area contributed by atoms with Crippen molar-refractivity contribution < 1.29 is 14.9 Å². The number of phenolic OH excluding ortho intramolecular Hbond substituents is 1. The molecule has 0 radical (unpaired) electrons. The third-order valence-corrected chi connectivity index (χ3v) is 5.02. The van der Waals surface area contributed by atoms with Gasteiger partial charge in [-0.3, -0.25) is 4.99 Å². The highest BCUT2D eigenvalue weighted by Gasteiger charge is 2.21. The van der Waals surface area contributed by atoms with E-state index in [9.17, 15) is 10.2 Å². The molecular formula is C23H33IN4O3. The van der Waals surface area contributed by atoms with Crippen molar-refractivity contribution in [2.75, 3.05) is 50.8 Å². The number of phenols is 1. The molecule has 0 amide bonds. The molecule has 8 heteroatoms. The zero-order valence-electron chi connectivity index (χ0n) is 18.2. The van der Waals surface area contributed by atoms with Crippen molar-refractivity contribution in [1.29, 1.82) is 0 Å². The molecule has 0 aromatic heterocycles. The van der Waals surface area contributed by atoms with Gasteiger partial charge in [0, 0.05) is 32.7 Å². The van der Waals surface area contributed by atoms with Crippen molar-refractivity contribution >= 4 is 35.6 Å². The average molecular weight is 540 g/mol. The van der Waals surface area contributed by atoms with Gasteiger partial charge < -0.3 is 30.1 Å². The normalized spacial score (nSPS) is 15.3. The first-order valence-electron chi connectivity index (χ1n) is 10.5. The third-order valence-electron chi connectivity index (χ3n) is 5.02. The summed E-state index contributed by atoms with van der Waals surface area (Å²) in [5.41, 5.74) is 1.99. The lowest BCUT2D eigenvalue weighted by Crippen LogP contribution is -2.52. The second-order valence-corrected chi connectivity index (χ2v) is 7.44. The number of aromatic hydroxyl groups is 1. The Morgan fingerprint density at radius 2 is 1.87 bits per heavy atom. The molecule has 3 rings (SSSR count). The maximum atomic E-state index is 10.3. The van der Waals surface area contributed by atoms with Crippen molar-refractivity contribution in [2.45, 2.75) is 20.0 Å². The lowest BCUT2D eigenvalue weighted by Gasteiger charge is -2.38. The number of anilines is 1. The van der Waals surface area contributed by atoms with E-state index in [1.807, 2.05) is 56.3 Å². The fraction of sp³-hybridized carbons (Fsp3) is 0.435. The monoisotopic (exact) mass is 540 g/mol. The van der Waals surface area contributed by atoms with E-state index in [2.05, 4.69) is 20.1 Å². The summed E-state index contributed by atoms with van der Waals surface area (Å²) in [7, 11) is 0. The van der Waals surface area contributed by atoms with Crippen LogP contribution >= 0.6 is 24.0 Å². The predicted octanol–water partition coefficient (Wildman–Crippen LogP) is 2.85. The molecule has 1 unspecified atom stereocenters. The van der Waals surface area contributed by atoms with Crippen LogP contribution in [0.1, 0.15) is 12.5 Å². The minimum absolute atomic E-state index is 0. The van der Waals surface area contributed by atoms with E-state index in [1.54, 1.807) is 6.07 Å². The molecule has 1 fully saturated rings. The first kappa shape index (κ1) is 25.1. The van der Waals surface area contributed by atoms with Gasteiger partial charge in [0.1, 0.15) is 24.2 Å². The Balaban J connectivity index is 0.00000341. The lowest BCUT2D eigenvalue weighted by atomic mass is 10.2. The Hall–Kier alpha value is -2.20. The van der Waals surface area contributed by atoms with Crippen LogP contribution in [0.4, 0.5) is 5.69 Å². The SMILES string of the molecule is CCNC(=NCC(O)COc1cccc(C)c1)N1CCN(c2ccccc2O)CC1.I. The number of aliphatic imine (C=N–C) groups is 1. The third kappa shape index (κ3) is 7.46. The van der Waals surface area contributed by atoms with E-state index in [-0.39, 0.29) is 37.1 Å².